The van der Waals surface area contributed by atoms with Gasteiger partial charge < -0.3 is 4.90 Å². The third kappa shape index (κ3) is 4.42. The van der Waals surface area contributed by atoms with Gasteiger partial charge in [0.1, 0.15) is 11.9 Å². The van der Waals surface area contributed by atoms with E-state index in [-0.39, 0.29) is 11.9 Å². The van der Waals surface area contributed by atoms with Crippen molar-refractivity contribution in [1.29, 1.82) is 5.26 Å². The molecule has 1 aliphatic heterocycles. The van der Waals surface area contributed by atoms with E-state index in [0.717, 1.165) is 32.7 Å². The largest absolute Gasteiger partial charge is 0.367 e. The number of anilines is 1. The quantitative estimate of drug-likeness (QED) is 0.898. The van der Waals surface area contributed by atoms with E-state index < -0.39 is 0 Å². The molecular formula is C16H23FN4. The molecule has 4 nitrogen and oxygen atoms in total. The minimum atomic E-state index is -0.165. The van der Waals surface area contributed by atoms with Gasteiger partial charge in [0, 0.05) is 38.8 Å². The van der Waals surface area contributed by atoms with Crippen LogP contribution < -0.4 is 10.2 Å². The molecule has 1 N–H and O–H groups in total. The second-order valence-electron chi connectivity index (χ2n) is 5.74. The third-order valence-electron chi connectivity index (χ3n) is 3.70. The van der Waals surface area contributed by atoms with Gasteiger partial charge in [-0.1, -0.05) is 12.1 Å². The zero-order chi connectivity index (χ0) is 15.2. The number of nitrogens with one attached hydrogen (secondary N) is 1. The van der Waals surface area contributed by atoms with Crippen molar-refractivity contribution in [3.63, 3.8) is 0 Å². The predicted octanol–water partition coefficient (Wildman–Crippen LogP) is 1.84. The highest BCUT2D eigenvalue weighted by atomic mass is 19.1. The molecule has 0 amide bonds. The van der Waals surface area contributed by atoms with Crippen molar-refractivity contribution in [3.05, 3.63) is 30.1 Å². The van der Waals surface area contributed by atoms with Crippen LogP contribution in [0.15, 0.2) is 24.3 Å². The molecule has 0 spiro atoms. The first-order valence-corrected chi connectivity index (χ1v) is 7.47. The summed E-state index contributed by atoms with van der Waals surface area (Å²) < 4.78 is 13.8. The van der Waals surface area contributed by atoms with E-state index in [1.165, 1.54) is 6.07 Å². The molecule has 0 aliphatic carbocycles. The highest BCUT2D eigenvalue weighted by molar-refractivity contribution is 5.47. The molecule has 1 atom stereocenters. The Bertz CT molecular complexity index is 489. The van der Waals surface area contributed by atoms with Gasteiger partial charge in [0.2, 0.25) is 0 Å². The van der Waals surface area contributed by atoms with Crippen LogP contribution in [0.2, 0.25) is 0 Å². The van der Waals surface area contributed by atoms with Crippen LogP contribution in [-0.4, -0.2) is 49.7 Å². The van der Waals surface area contributed by atoms with Crippen LogP contribution in [0.25, 0.3) is 0 Å². The molecule has 0 radical (unpaired) electrons. The molecule has 1 fully saturated rings. The Morgan fingerprint density at radius 3 is 2.48 bits per heavy atom. The van der Waals surface area contributed by atoms with E-state index in [0.29, 0.717) is 11.7 Å². The molecule has 0 saturated carbocycles. The van der Waals surface area contributed by atoms with Gasteiger partial charge in [-0.2, -0.15) is 5.26 Å². The van der Waals surface area contributed by atoms with Crippen LogP contribution in [0, 0.1) is 17.1 Å². The van der Waals surface area contributed by atoms with E-state index in [2.05, 4.69) is 21.2 Å². The van der Waals surface area contributed by atoms with Crippen LogP contribution in [0.1, 0.15) is 13.8 Å². The minimum absolute atomic E-state index is 0.148. The van der Waals surface area contributed by atoms with E-state index in [4.69, 9.17) is 0 Å². The van der Waals surface area contributed by atoms with Gasteiger partial charge in [-0.25, -0.2) is 4.39 Å². The Kier molecular flexibility index (Phi) is 5.54. The summed E-state index contributed by atoms with van der Waals surface area (Å²) in [4.78, 5) is 4.34. The number of rotatable bonds is 5. The van der Waals surface area contributed by atoms with Crippen LogP contribution in [0.4, 0.5) is 10.1 Å². The molecular weight excluding hydrogens is 267 g/mol. The van der Waals surface area contributed by atoms with E-state index in [1.807, 2.05) is 26.0 Å². The van der Waals surface area contributed by atoms with Crippen molar-refractivity contribution in [2.24, 2.45) is 0 Å². The average molecular weight is 290 g/mol. The standard InChI is InChI=1S/C16H23FN4/c1-13(2)19-14(11-18)12-20-7-9-21(10-8-20)16-6-4-3-5-15(16)17/h3-6,13-14,19H,7-10,12H2,1-2H3. The van der Waals surface area contributed by atoms with Crippen molar-refractivity contribution in [2.75, 3.05) is 37.6 Å². The lowest BCUT2D eigenvalue weighted by molar-refractivity contribution is 0.239. The SMILES string of the molecule is CC(C)NC(C#N)CN1CCN(c2ccccc2F)CC1. The number of nitrogens with zero attached hydrogens (tertiary/aromatic N) is 3. The second-order valence-corrected chi connectivity index (χ2v) is 5.74. The van der Waals surface area contributed by atoms with Crippen molar-refractivity contribution in [3.8, 4) is 6.07 Å². The summed E-state index contributed by atoms with van der Waals surface area (Å²) in [6.45, 7) is 8.10. The summed E-state index contributed by atoms with van der Waals surface area (Å²) in [5.41, 5.74) is 0.675. The third-order valence-corrected chi connectivity index (χ3v) is 3.70. The first-order valence-electron chi connectivity index (χ1n) is 7.47. The molecule has 0 bridgehead atoms. The number of benzene rings is 1. The monoisotopic (exact) mass is 290 g/mol. The zero-order valence-electron chi connectivity index (χ0n) is 12.7. The van der Waals surface area contributed by atoms with Gasteiger partial charge >= 0.3 is 0 Å². The highest BCUT2D eigenvalue weighted by Crippen LogP contribution is 2.20. The lowest BCUT2D eigenvalue weighted by atomic mass is 10.2. The summed E-state index contributed by atoms with van der Waals surface area (Å²) in [5.74, 6) is -0.165. The topological polar surface area (TPSA) is 42.3 Å². The molecule has 21 heavy (non-hydrogen) atoms. The highest BCUT2D eigenvalue weighted by Gasteiger charge is 2.21. The van der Waals surface area contributed by atoms with Crippen LogP contribution >= 0.6 is 0 Å². The minimum Gasteiger partial charge on any atom is -0.367 e. The maximum atomic E-state index is 13.8. The van der Waals surface area contributed by atoms with Crippen LogP contribution in [-0.2, 0) is 0 Å². The normalized spacial score (nSPS) is 17.8. The Morgan fingerprint density at radius 2 is 1.90 bits per heavy atom. The molecule has 1 aromatic carbocycles. The fourth-order valence-corrected chi connectivity index (χ4v) is 2.67. The molecule has 1 aromatic rings. The van der Waals surface area contributed by atoms with Crippen molar-refractivity contribution in [2.45, 2.75) is 25.9 Å². The van der Waals surface area contributed by atoms with Gasteiger partial charge in [-0.3, -0.25) is 10.2 Å². The maximum absolute atomic E-state index is 13.8. The number of nitriles is 1. The number of hydrogen-bond acceptors (Lipinski definition) is 4. The van der Waals surface area contributed by atoms with Crippen LogP contribution in [0.3, 0.4) is 0 Å². The van der Waals surface area contributed by atoms with Crippen molar-refractivity contribution in [1.82, 2.24) is 10.2 Å². The van der Waals surface area contributed by atoms with Gasteiger partial charge in [-0.05, 0) is 26.0 Å². The zero-order valence-corrected chi connectivity index (χ0v) is 12.7. The molecule has 2 rings (SSSR count). The van der Waals surface area contributed by atoms with E-state index in [9.17, 15) is 9.65 Å². The Labute approximate surface area is 126 Å². The summed E-state index contributed by atoms with van der Waals surface area (Å²) in [6.07, 6.45) is 0. The summed E-state index contributed by atoms with van der Waals surface area (Å²) in [5, 5.41) is 12.4. The Hall–Kier alpha value is -1.64. The number of para-hydroxylation sites is 1. The lowest BCUT2D eigenvalue weighted by Gasteiger charge is -2.37. The number of piperazine rings is 1. The maximum Gasteiger partial charge on any atom is 0.146 e. The molecule has 0 aromatic heterocycles. The Morgan fingerprint density at radius 1 is 1.24 bits per heavy atom. The summed E-state index contributed by atoms with van der Waals surface area (Å²) >= 11 is 0. The molecule has 1 saturated heterocycles. The first-order chi connectivity index (χ1) is 10.1. The fraction of sp³-hybridized carbons (Fsp3) is 0.562. The average Bonchev–Trinajstić information content (AvgIpc) is 2.47. The predicted molar refractivity (Wildman–Crippen MR) is 82.7 cm³/mol. The molecule has 5 heteroatoms. The summed E-state index contributed by atoms with van der Waals surface area (Å²) in [6, 6.07) is 9.36. The molecule has 1 heterocycles. The van der Waals surface area contributed by atoms with Gasteiger partial charge in [0.15, 0.2) is 0 Å². The van der Waals surface area contributed by atoms with Crippen molar-refractivity contribution < 1.29 is 4.39 Å². The van der Waals surface area contributed by atoms with E-state index >= 15 is 0 Å². The molecule has 1 unspecified atom stereocenters. The van der Waals surface area contributed by atoms with E-state index in [1.54, 1.807) is 6.07 Å². The fourth-order valence-electron chi connectivity index (χ4n) is 2.67. The first kappa shape index (κ1) is 15.7. The van der Waals surface area contributed by atoms with Crippen LogP contribution in [0.5, 0.6) is 0 Å². The smallest absolute Gasteiger partial charge is 0.146 e. The van der Waals surface area contributed by atoms with Gasteiger partial charge in [0.05, 0.1) is 11.8 Å². The molecule has 114 valence electrons. The second kappa shape index (κ2) is 7.39. The molecule has 1 aliphatic rings. The van der Waals surface area contributed by atoms with Crippen molar-refractivity contribution >= 4 is 5.69 Å². The van der Waals surface area contributed by atoms with Gasteiger partial charge in [0.25, 0.3) is 0 Å². The number of halogens is 1. The summed E-state index contributed by atoms with van der Waals surface area (Å²) in [7, 11) is 0. The lowest BCUT2D eigenvalue weighted by Crippen LogP contribution is -2.51. The van der Waals surface area contributed by atoms with Gasteiger partial charge in [-0.15, -0.1) is 0 Å². The Balaban J connectivity index is 1.86. The number of hydrogen-bond donors (Lipinski definition) is 1.